The molecule has 0 bridgehead atoms. The summed E-state index contributed by atoms with van der Waals surface area (Å²) < 4.78 is 3.43. The molecule has 59 heavy (non-hydrogen) atoms. The first-order valence-electron chi connectivity index (χ1n) is 20.7. The van der Waals surface area contributed by atoms with Crippen molar-refractivity contribution in [2.45, 2.75) is 89.4 Å². The van der Waals surface area contributed by atoms with Gasteiger partial charge in [-0.15, -0.1) is 0 Å². The van der Waals surface area contributed by atoms with Gasteiger partial charge in [-0.25, -0.2) is 9.97 Å². The highest BCUT2D eigenvalue weighted by Crippen LogP contribution is 2.33. The van der Waals surface area contributed by atoms with Gasteiger partial charge in [0.05, 0.1) is 0 Å². The number of nitrogens with zero attached hydrogens (tertiary/aromatic N) is 9. The highest BCUT2D eigenvalue weighted by atomic mass is 16.1. The standard InChI is InChI=1S/C23H24N6O.C22H22N6O/c1-28-9-8-15-6-7-19(11-18(15)14-28)26-23-25-13-17-10-16(12-24)22(30)29(21(17)27-23)20-4-2-3-5-20;23-11-15-9-17-13-25-22(26-18-6-5-14-7-8-24-12-16(14)10-18)27-20(17)28(21(15)29)19-3-1-2-4-19/h6-7,10-11,13,20H,2-5,8-9,14H2,1H3,(H,25,26,27);5-6,9-10,13,19,24H,1-4,7-8,12H2,(H,25,26,27). The number of aromatic nitrogens is 6. The van der Waals surface area contributed by atoms with Gasteiger partial charge in [-0.3, -0.25) is 18.7 Å². The lowest BCUT2D eigenvalue weighted by molar-refractivity contribution is 0.313. The van der Waals surface area contributed by atoms with Crippen molar-refractivity contribution in [3.8, 4) is 12.1 Å². The lowest BCUT2D eigenvalue weighted by Crippen LogP contribution is -2.27. The van der Waals surface area contributed by atoms with Gasteiger partial charge in [-0.1, -0.05) is 37.8 Å². The Kier molecular flexibility index (Phi) is 10.6. The Balaban J connectivity index is 0.000000152. The van der Waals surface area contributed by atoms with Crippen molar-refractivity contribution in [2.24, 2.45) is 0 Å². The van der Waals surface area contributed by atoms with Crippen LogP contribution in [0, 0.1) is 22.7 Å². The second-order valence-electron chi connectivity index (χ2n) is 16.1. The molecule has 14 heteroatoms. The second-order valence-corrected chi connectivity index (χ2v) is 16.1. The van der Waals surface area contributed by atoms with E-state index in [2.05, 4.69) is 73.2 Å². The summed E-state index contributed by atoms with van der Waals surface area (Å²) >= 11 is 0. The maximum atomic E-state index is 12.9. The number of benzene rings is 2. The van der Waals surface area contributed by atoms with Crippen LogP contribution in [0.5, 0.6) is 0 Å². The van der Waals surface area contributed by atoms with E-state index in [4.69, 9.17) is 4.98 Å². The van der Waals surface area contributed by atoms with Gasteiger partial charge in [0.1, 0.15) is 34.6 Å². The number of nitriles is 2. The molecule has 2 aliphatic carbocycles. The summed E-state index contributed by atoms with van der Waals surface area (Å²) in [6, 6.07) is 20.1. The van der Waals surface area contributed by atoms with Crippen LogP contribution >= 0.6 is 0 Å². The van der Waals surface area contributed by atoms with Gasteiger partial charge in [0.2, 0.25) is 11.9 Å². The van der Waals surface area contributed by atoms with Crippen LogP contribution in [0.4, 0.5) is 23.3 Å². The molecule has 0 atom stereocenters. The van der Waals surface area contributed by atoms with Gasteiger partial charge < -0.3 is 20.9 Å². The first kappa shape index (κ1) is 38.1. The molecule has 0 unspecified atom stereocenters. The topological polar surface area (TPSA) is 182 Å². The van der Waals surface area contributed by atoms with E-state index in [9.17, 15) is 20.1 Å². The van der Waals surface area contributed by atoms with Gasteiger partial charge in [0.15, 0.2) is 0 Å². The van der Waals surface area contributed by atoms with Crippen molar-refractivity contribution < 1.29 is 0 Å². The van der Waals surface area contributed by atoms with Gasteiger partial charge in [0, 0.05) is 66.3 Å². The number of fused-ring (bicyclic) bond motifs is 4. The molecular formula is C45H46N12O2. The Morgan fingerprint density at radius 3 is 1.71 bits per heavy atom. The van der Waals surface area contributed by atoms with Gasteiger partial charge in [0.25, 0.3) is 11.1 Å². The summed E-state index contributed by atoms with van der Waals surface area (Å²) in [5.41, 5.74) is 8.20. The summed E-state index contributed by atoms with van der Waals surface area (Å²) in [6.07, 6.45) is 13.6. The molecule has 6 heterocycles. The van der Waals surface area contributed by atoms with E-state index in [0.717, 1.165) is 107 Å². The van der Waals surface area contributed by atoms with Crippen LogP contribution in [0.25, 0.3) is 22.1 Å². The molecule has 3 N–H and O–H groups in total. The molecule has 14 nitrogen and oxygen atoms in total. The molecule has 4 aromatic heterocycles. The van der Waals surface area contributed by atoms with Crippen LogP contribution in [0.15, 0.2) is 70.5 Å². The number of likely N-dealkylation sites (N-methyl/N-ethyl adjacent to an activating group) is 1. The maximum Gasteiger partial charge on any atom is 0.270 e. The second kappa shape index (κ2) is 16.4. The van der Waals surface area contributed by atoms with E-state index in [1.54, 1.807) is 33.7 Å². The van der Waals surface area contributed by atoms with Crippen molar-refractivity contribution in [2.75, 3.05) is 30.8 Å². The van der Waals surface area contributed by atoms with Gasteiger partial charge in [-0.2, -0.15) is 20.5 Å². The normalized spacial score (nSPS) is 16.8. The van der Waals surface area contributed by atoms with Crippen LogP contribution in [-0.2, 0) is 25.9 Å². The minimum Gasteiger partial charge on any atom is -0.324 e. The highest BCUT2D eigenvalue weighted by Gasteiger charge is 2.25. The molecule has 0 saturated heterocycles. The Morgan fingerprint density at radius 1 is 0.678 bits per heavy atom. The molecule has 2 saturated carbocycles. The Hall–Kier alpha value is -6.48. The zero-order chi connectivity index (χ0) is 40.5. The summed E-state index contributed by atoms with van der Waals surface area (Å²) in [4.78, 5) is 46.4. The Bertz CT molecular complexity index is 2790. The number of hydrogen-bond donors (Lipinski definition) is 3. The number of pyridine rings is 2. The molecule has 6 aromatic rings. The SMILES string of the molecule is CN1CCc2ccc(Nc3ncc4cc(C#N)c(=O)n(C5CCCC5)c4n3)cc2C1.N#Cc1cc2cnc(Nc3ccc4c(c3)CNCC4)nc2n(C2CCCC2)c1=O. The smallest absolute Gasteiger partial charge is 0.270 e. The van der Waals surface area contributed by atoms with Gasteiger partial charge in [-0.05, 0) is 111 Å². The molecule has 2 aliphatic heterocycles. The van der Waals surface area contributed by atoms with Crippen LogP contribution in [0.3, 0.4) is 0 Å². The van der Waals surface area contributed by atoms with E-state index in [0.29, 0.717) is 28.6 Å². The summed E-state index contributed by atoms with van der Waals surface area (Å²) in [5, 5.41) is 30.2. The molecule has 0 amide bonds. The lowest BCUT2D eigenvalue weighted by atomic mass is 9.99. The monoisotopic (exact) mass is 786 g/mol. The average molecular weight is 787 g/mol. The number of hydrogen-bond acceptors (Lipinski definition) is 12. The molecule has 4 aliphatic rings. The summed E-state index contributed by atoms with van der Waals surface area (Å²) in [7, 11) is 2.13. The minimum absolute atomic E-state index is 0.0929. The van der Waals surface area contributed by atoms with Crippen LogP contribution in [0.2, 0.25) is 0 Å². The fraction of sp³-hybridized carbons (Fsp3) is 0.378. The molecule has 0 radical (unpaired) electrons. The summed E-state index contributed by atoms with van der Waals surface area (Å²) in [5.74, 6) is 0.916. The largest absolute Gasteiger partial charge is 0.324 e. The first-order valence-corrected chi connectivity index (χ1v) is 20.7. The predicted octanol–water partition coefficient (Wildman–Crippen LogP) is 6.68. The van der Waals surface area contributed by atoms with E-state index in [1.807, 2.05) is 18.2 Å². The van der Waals surface area contributed by atoms with E-state index in [-0.39, 0.29) is 34.3 Å². The molecule has 2 fully saturated rings. The highest BCUT2D eigenvalue weighted by molar-refractivity contribution is 5.78. The fourth-order valence-electron chi connectivity index (χ4n) is 9.12. The molecule has 0 spiro atoms. The minimum atomic E-state index is -0.253. The van der Waals surface area contributed by atoms with Crippen molar-refractivity contribution in [1.29, 1.82) is 10.5 Å². The number of anilines is 4. The number of rotatable bonds is 6. The third-order valence-corrected chi connectivity index (χ3v) is 12.2. The quantitative estimate of drug-likeness (QED) is 0.163. The van der Waals surface area contributed by atoms with E-state index < -0.39 is 0 Å². The van der Waals surface area contributed by atoms with E-state index >= 15 is 0 Å². The van der Waals surface area contributed by atoms with Gasteiger partial charge >= 0.3 is 0 Å². The maximum absolute atomic E-state index is 12.9. The molecule has 10 rings (SSSR count). The summed E-state index contributed by atoms with van der Waals surface area (Å²) in [6.45, 7) is 3.89. The van der Waals surface area contributed by atoms with Crippen LogP contribution in [0.1, 0.15) is 96.8 Å². The average Bonchev–Trinajstić information content (AvgIpc) is 3.99. The number of nitrogens with one attached hydrogen (secondary N) is 3. The van der Waals surface area contributed by atoms with Crippen LogP contribution in [-0.4, -0.2) is 54.1 Å². The Morgan fingerprint density at radius 2 is 1.19 bits per heavy atom. The lowest BCUT2D eigenvalue weighted by Gasteiger charge is -2.25. The third-order valence-electron chi connectivity index (χ3n) is 12.2. The molecule has 298 valence electrons. The van der Waals surface area contributed by atoms with Crippen molar-refractivity contribution in [3.63, 3.8) is 0 Å². The molecule has 2 aromatic carbocycles. The Labute approximate surface area is 341 Å². The zero-order valence-corrected chi connectivity index (χ0v) is 33.2. The van der Waals surface area contributed by atoms with E-state index in [1.165, 1.54) is 22.3 Å². The van der Waals surface area contributed by atoms with Crippen molar-refractivity contribution in [3.05, 3.63) is 115 Å². The zero-order valence-electron chi connectivity index (χ0n) is 33.2. The first-order chi connectivity index (χ1) is 28.8. The fourth-order valence-corrected chi connectivity index (χ4v) is 9.12. The predicted molar refractivity (Wildman–Crippen MR) is 227 cm³/mol. The van der Waals surface area contributed by atoms with Crippen LogP contribution < -0.4 is 27.1 Å². The third kappa shape index (κ3) is 7.77. The molecular weight excluding hydrogens is 741 g/mol. The van der Waals surface area contributed by atoms with Crippen molar-refractivity contribution in [1.82, 2.24) is 39.3 Å². The van der Waals surface area contributed by atoms with Crippen molar-refractivity contribution >= 4 is 45.3 Å².